The van der Waals surface area contributed by atoms with Gasteiger partial charge in [-0.05, 0) is 29.9 Å². The summed E-state index contributed by atoms with van der Waals surface area (Å²) in [5.41, 5.74) is 4.29. The molecular formula is C26H35N2+. The fourth-order valence-electron chi connectivity index (χ4n) is 4.01. The van der Waals surface area contributed by atoms with E-state index >= 15 is 0 Å². The van der Waals surface area contributed by atoms with Crippen LogP contribution in [0.25, 0.3) is 0 Å². The van der Waals surface area contributed by atoms with E-state index in [2.05, 4.69) is 96.8 Å². The molecule has 1 aromatic heterocycles. The smallest absolute Gasteiger partial charge is 0.234 e. The lowest BCUT2D eigenvalue weighted by Gasteiger charge is -2.11. The highest BCUT2D eigenvalue weighted by molar-refractivity contribution is 5.22. The first-order chi connectivity index (χ1) is 13.7. The SMILES string of the molecule is CCCC[n+]1cc(CC(C)c2ccccc2)n(CCC)c1Cc1ccccc1. The molecule has 0 saturated carbocycles. The topological polar surface area (TPSA) is 8.81 Å². The number of aryl methyl sites for hydroxylation is 1. The average molecular weight is 376 g/mol. The zero-order chi connectivity index (χ0) is 19.8. The molecule has 2 aromatic carbocycles. The summed E-state index contributed by atoms with van der Waals surface area (Å²) in [5, 5.41) is 0. The molecule has 0 spiro atoms. The van der Waals surface area contributed by atoms with E-state index in [4.69, 9.17) is 0 Å². The van der Waals surface area contributed by atoms with Crippen LogP contribution in [-0.4, -0.2) is 4.57 Å². The predicted octanol–water partition coefficient (Wildman–Crippen LogP) is 5.92. The van der Waals surface area contributed by atoms with Crippen LogP contribution >= 0.6 is 0 Å². The van der Waals surface area contributed by atoms with E-state index in [-0.39, 0.29) is 0 Å². The number of hydrogen-bond donors (Lipinski definition) is 0. The summed E-state index contributed by atoms with van der Waals surface area (Å²) in [6.07, 6.45) is 8.15. The van der Waals surface area contributed by atoms with Gasteiger partial charge in [0, 0.05) is 6.42 Å². The van der Waals surface area contributed by atoms with Crippen LogP contribution in [0, 0.1) is 0 Å². The van der Waals surface area contributed by atoms with Crippen molar-refractivity contribution in [3.63, 3.8) is 0 Å². The lowest BCUT2D eigenvalue weighted by atomic mass is 9.96. The van der Waals surface area contributed by atoms with Crippen LogP contribution in [0.2, 0.25) is 0 Å². The van der Waals surface area contributed by atoms with Crippen LogP contribution in [0.3, 0.4) is 0 Å². The van der Waals surface area contributed by atoms with E-state index in [9.17, 15) is 0 Å². The van der Waals surface area contributed by atoms with Crippen LogP contribution in [0.5, 0.6) is 0 Å². The Morgan fingerprint density at radius 3 is 2.21 bits per heavy atom. The average Bonchev–Trinajstić information content (AvgIpc) is 3.04. The second kappa shape index (κ2) is 10.3. The Labute approximate surface area is 170 Å². The van der Waals surface area contributed by atoms with Gasteiger partial charge >= 0.3 is 0 Å². The van der Waals surface area contributed by atoms with Gasteiger partial charge in [0.2, 0.25) is 0 Å². The lowest BCUT2D eigenvalue weighted by Crippen LogP contribution is -2.37. The maximum Gasteiger partial charge on any atom is 0.261 e. The molecule has 1 atom stereocenters. The van der Waals surface area contributed by atoms with Crippen molar-refractivity contribution in [2.45, 2.75) is 71.9 Å². The summed E-state index contributed by atoms with van der Waals surface area (Å²) in [7, 11) is 0. The molecule has 0 fully saturated rings. The van der Waals surface area contributed by atoms with Crippen molar-refractivity contribution in [1.29, 1.82) is 0 Å². The van der Waals surface area contributed by atoms with Crippen molar-refractivity contribution >= 4 is 0 Å². The Morgan fingerprint density at radius 1 is 0.893 bits per heavy atom. The van der Waals surface area contributed by atoms with E-state index in [1.807, 2.05) is 0 Å². The molecule has 0 aliphatic rings. The minimum atomic E-state index is 0.524. The molecule has 28 heavy (non-hydrogen) atoms. The Balaban J connectivity index is 1.94. The molecular weight excluding hydrogens is 340 g/mol. The van der Waals surface area contributed by atoms with E-state index in [1.165, 1.54) is 35.5 Å². The Bertz CT molecular complexity index is 834. The molecule has 0 radical (unpaired) electrons. The lowest BCUT2D eigenvalue weighted by molar-refractivity contribution is -0.704. The van der Waals surface area contributed by atoms with E-state index in [1.54, 1.807) is 0 Å². The molecule has 0 saturated heterocycles. The van der Waals surface area contributed by atoms with Crippen LogP contribution in [0.15, 0.2) is 66.9 Å². The molecule has 2 heteroatoms. The van der Waals surface area contributed by atoms with Gasteiger partial charge in [-0.2, -0.15) is 0 Å². The molecule has 0 amide bonds. The van der Waals surface area contributed by atoms with Gasteiger partial charge in [0.25, 0.3) is 5.82 Å². The third kappa shape index (κ3) is 5.13. The second-order valence-corrected chi connectivity index (χ2v) is 7.91. The molecule has 0 aliphatic carbocycles. The molecule has 148 valence electrons. The van der Waals surface area contributed by atoms with E-state index in [0.717, 1.165) is 32.4 Å². The van der Waals surface area contributed by atoms with E-state index in [0.29, 0.717) is 5.92 Å². The van der Waals surface area contributed by atoms with Gasteiger partial charge in [0.15, 0.2) is 0 Å². The standard InChI is InChI=1S/C26H35N2/c1-4-6-18-27-21-25(19-22(3)24-15-11-8-12-16-24)28(17-5-2)26(27)20-23-13-9-7-10-14-23/h7-16,21-22H,4-6,17-20H2,1-3H3/q+1. The number of imidazole rings is 1. The van der Waals surface area contributed by atoms with Gasteiger partial charge in [-0.1, -0.05) is 87.9 Å². The fraction of sp³-hybridized carbons (Fsp3) is 0.423. The number of hydrogen-bond acceptors (Lipinski definition) is 0. The molecule has 3 rings (SSSR count). The highest BCUT2D eigenvalue weighted by Gasteiger charge is 2.24. The quantitative estimate of drug-likeness (QED) is 0.389. The third-order valence-electron chi connectivity index (χ3n) is 5.58. The van der Waals surface area contributed by atoms with Crippen molar-refractivity contribution in [3.8, 4) is 0 Å². The number of benzene rings is 2. The van der Waals surface area contributed by atoms with Gasteiger partial charge in [-0.3, -0.25) is 0 Å². The number of unbranched alkanes of at least 4 members (excludes halogenated alkanes) is 1. The van der Waals surface area contributed by atoms with Crippen LogP contribution < -0.4 is 4.57 Å². The van der Waals surface area contributed by atoms with Crippen molar-refractivity contribution in [2.75, 3.05) is 0 Å². The molecule has 0 bridgehead atoms. The summed E-state index contributed by atoms with van der Waals surface area (Å²) in [4.78, 5) is 0. The first kappa shape index (κ1) is 20.4. The van der Waals surface area contributed by atoms with Gasteiger partial charge in [0.05, 0.1) is 19.5 Å². The summed E-state index contributed by atoms with van der Waals surface area (Å²) in [6, 6.07) is 21.8. The van der Waals surface area contributed by atoms with Crippen LogP contribution in [0.1, 0.15) is 68.6 Å². The minimum absolute atomic E-state index is 0.524. The summed E-state index contributed by atoms with van der Waals surface area (Å²) < 4.78 is 5.13. The Kier molecular flexibility index (Phi) is 7.47. The van der Waals surface area contributed by atoms with Crippen molar-refractivity contribution in [2.24, 2.45) is 0 Å². The van der Waals surface area contributed by atoms with Crippen molar-refractivity contribution in [1.82, 2.24) is 4.57 Å². The van der Waals surface area contributed by atoms with Gasteiger partial charge in [-0.25, -0.2) is 9.13 Å². The molecule has 0 aliphatic heterocycles. The molecule has 1 unspecified atom stereocenters. The summed E-state index contributed by atoms with van der Waals surface area (Å²) in [6.45, 7) is 9.12. The Morgan fingerprint density at radius 2 is 1.57 bits per heavy atom. The zero-order valence-corrected chi connectivity index (χ0v) is 17.8. The maximum atomic E-state index is 2.60. The van der Waals surface area contributed by atoms with Gasteiger partial charge < -0.3 is 0 Å². The number of rotatable bonds is 10. The third-order valence-corrected chi connectivity index (χ3v) is 5.58. The molecule has 3 aromatic rings. The first-order valence-electron chi connectivity index (χ1n) is 10.9. The van der Waals surface area contributed by atoms with Gasteiger partial charge in [-0.15, -0.1) is 0 Å². The molecule has 0 N–H and O–H groups in total. The predicted molar refractivity (Wildman–Crippen MR) is 118 cm³/mol. The highest BCUT2D eigenvalue weighted by Crippen LogP contribution is 2.22. The zero-order valence-electron chi connectivity index (χ0n) is 17.8. The van der Waals surface area contributed by atoms with Crippen molar-refractivity contribution < 1.29 is 4.57 Å². The first-order valence-corrected chi connectivity index (χ1v) is 10.9. The van der Waals surface area contributed by atoms with Gasteiger partial charge in [0.1, 0.15) is 11.9 Å². The minimum Gasteiger partial charge on any atom is -0.234 e. The van der Waals surface area contributed by atoms with Crippen LogP contribution in [0.4, 0.5) is 0 Å². The Hall–Kier alpha value is -2.35. The normalized spacial score (nSPS) is 12.2. The van der Waals surface area contributed by atoms with Crippen molar-refractivity contribution in [3.05, 3.63) is 89.5 Å². The van der Waals surface area contributed by atoms with E-state index < -0.39 is 0 Å². The highest BCUT2D eigenvalue weighted by atomic mass is 15.2. The molecule has 1 heterocycles. The fourth-order valence-corrected chi connectivity index (χ4v) is 4.01. The second-order valence-electron chi connectivity index (χ2n) is 7.91. The molecule has 2 nitrogen and oxygen atoms in total. The summed E-state index contributed by atoms with van der Waals surface area (Å²) >= 11 is 0. The monoisotopic (exact) mass is 375 g/mol. The summed E-state index contributed by atoms with van der Waals surface area (Å²) in [5.74, 6) is 1.98. The number of nitrogens with zero attached hydrogens (tertiary/aromatic N) is 2. The number of aromatic nitrogens is 2. The van der Waals surface area contributed by atoms with Crippen LogP contribution in [-0.2, 0) is 25.9 Å². The largest absolute Gasteiger partial charge is 0.261 e. The maximum absolute atomic E-state index is 2.60.